The van der Waals surface area contributed by atoms with Crippen LogP contribution in [0.4, 0.5) is 0 Å². The van der Waals surface area contributed by atoms with Crippen molar-refractivity contribution in [3.8, 4) is 5.75 Å². The fraction of sp³-hybridized carbons (Fsp3) is 0.353. The van der Waals surface area contributed by atoms with Crippen molar-refractivity contribution in [2.75, 3.05) is 0 Å². The molecule has 0 atom stereocenters. The van der Waals surface area contributed by atoms with Gasteiger partial charge in [0.15, 0.2) is 0 Å². The highest BCUT2D eigenvalue weighted by molar-refractivity contribution is 9.10. The Labute approximate surface area is 163 Å². The van der Waals surface area contributed by atoms with Gasteiger partial charge in [-0.2, -0.15) is 0 Å². The number of halogens is 4. The summed E-state index contributed by atoms with van der Waals surface area (Å²) in [5.41, 5.74) is 0.670. The highest BCUT2D eigenvalue weighted by atomic mass is 79.9. The van der Waals surface area contributed by atoms with Crippen molar-refractivity contribution >= 4 is 56.5 Å². The number of ketones is 1. The third kappa shape index (κ3) is 3.77. The standard InChI is InChI=1S/C17H15BrCl3NO2/c18-13-14(20)17(21)22-15(13)16(23)11-8-9(19)6-7-12(11)24-10-4-2-1-3-5-10/h6-8,10,22H,1-5H2. The summed E-state index contributed by atoms with van der Waals surface area (Å²) in [5, 5.41) is 0.953. The first-order valence-electron chi connectivity index (χ1n) is 7.70. The van der Waals surface area contributed by atoms with Crippen molar-refractivity contribution in [1.82, 2.24) is 4.98 Å². The number of hydrogen-bond donors (Lipinski definition) is 1. The minimum absolute atomic E-state index is 0.130. The quantitative estimate of drug-likeness (QED) is 0.527. The topological polar surface area (TPSA) is 42.1 Å². The van der Waals surface area contributed by atoms with Gasteiger partial charge in [-0.05, 0) is 59.8 Å². The van der Waals surface area contributed by atoms with Crippen LogP contribution in [-0.4, -0.2) is 16.9 Å². The number of H-pyrrole nitrogens is 1. The van der Waals surface area contributed by atoms with Crippen molar-refractivity contribution in [3.05, 3.63) is 49.1 Å². The fourth-order valence-corrected chi connectivity index (χ4v) is 3.96. The van der Waals surface area contributed by atoms with Crippen LogP contribution >= 0.6 is 50.7 Å². The lowest BCUT2D eigenvalue weighted by atomic mass is 9.97. The van der Waals surface area contributed by atoms with Crippen molar-refractivity contribution in [2.45, 2.75) is 38.2 Å². The number of benzene rings is 1. The molecular weight excluding hydrogens is 436 g/mol. The number of ether oxygens (including phenoxy) is 1. The highest BCUT2D eigenvalue weighted by Crippen LogP contribution is 2.36. The molecule has 0 saturated heterocycles. The fourth-order valence-electron chi connectivity index (χ4n) is 2.86. The monoisotopic (exact) mass is 449 g/mol. The number of nitrogens with one attached hydrogen (secondary N) is 1. The highest BCUT2D eigenvalue weighted by Gasteiger charge is 2.24. The number of aromatic nitrogens is 1. The number of rotatable bonds is 4. The van der Waals surface area contributed by atoms with Gasteiger partial charge < -0.3 is 9.72 Å². The normalized spacial score (nSPS) is 15.5. The van der Waals surface area contributed by atoms with E-state index >= 15 is 0 Å². The van der Waals surface area contributed by atoms with E-state index in [0.717, 1.165) is 25.7 Å². The van der Waals surface area contributed by atoms with Gasteiger partial charge in [0.1, 0.15) is 16.6 Å². The molecule has 1 aromatic carbocycles. The van der Waals surface area contributed by atoms with Gasteiger partial charge in [0.25, 0.3) is 0 Å². The Hall–Kier alpha value is -0.680. The maximum Gasteiger partial charge on any atom is 0.214 e. The summed E-state index contributed by atoms with van der Waals surface area (Å²) < 4.78 is 6.52. The van der Waals surface area contributed by atoms with Crippen LogP contribution in [0.25, 0.3) is 0 Å². The van der Waals surface area contributed by atoms with Gasteiger partial charge >= 0.3 is 0 Å². The van der Waals surface area contributed by atoms with E-state index < -0.39 is 0 Å². The summed E-state index contributed by atoms with van der Waals surface area (Å²) in [5.74, 6) is 0.258. The Morgan fingerprint density at radius 1 is 1.17 bits per heavy atom. The second-order valence-electron chi connectivity index (χ2n) is 5.79. The van der Waals surface area contributed by atoms with Crippen molar-refractivity contribution < 1.29 is 9.53 Å². The summed E-state index contributed by atoms with van der Waals surface area (Å²) in [6, 6.07) is 5.07. The van der Waals surface area contributed by atoms with Crippen LogP contribution < -0.4 is 4.74 Å². The molecule has 0 amide bonds. The van der Waals surface area contributed by atoms with Crippen LogP contribution in [0, 0.1) is 0 Å². The lowest BCUT2D eigenvalue weighted by Crippen LogP contribution is -2.21. The van der Waals surface area contributed by atoms with Crippen LogP contribution in [0.1, 0.15) is 48.2 Å². The molecule has 0 bridgehead atoms. The van der Waals surface area contributed by atoms with Gasteiger partial charge in [0.2, 0.25) is 5.78 Å². The average molecular weight is 452 g/mol. The van der Waals surface area contributed by atoms with Gasteiger partial charge in [-0.15, -0.1) is 0 Å². The molecule has 0 unspecified atom stereocenters. The van der Waals surface area contributed by atoms with Crippen LogP contribution in [0.15, 0.2) is 22.7 Å². The third-order valence-corrected chi connectivity index (χ3v) is 6.11. The summed E-state index contributed by atoms with van der Waals surface area (Å²) in [7, 11) is 0. The third-order valence-electron chi connectivity index (χ3n) is 4.10. The molecule has 24 heavy (non-hydrogen) atoms. The largest absolute Gasteiger partial charge is 0.490 e. The average Bonchev–Trinajstić information content (AvgIpc) is 2.84. The summed E-state index contributed by atoms with van der Waals surface area (Å²) in [6.45, 7) is 0. The van der Waals surface area contributed by atoms with E-state index in [0.29, 0.717) is 20.8 Å². The molecular formula is C17H15BrCl3NO2. The molecule has 0 spiro atoms. The molecule has 1 fully saturated rings. The van der Waals surface area contributed by atoms with Crippen molar-refractivity contribution in [1.29, 1.82) is 0 Å². The van der Waals surface area contributed by atoms with Gasteiger partial charge in [0, 0.05) is 5.02 Å². The van der Waals surface area contributed by atoms with Gasteiger partial charge in [-0.25, -0.2) is 0 Å². The SMILES string of the molecule is O=C(c1cc(Cl)ccc1OC1CCCCC1)c1[nH]c(Cl)c(Cl)c1Br. The molecule has 1 aromatic heterocycles. The molecule has 1 heterocycles. The summed E-state index contributed by atoms with van der Waals surface area (Å²) in [4.78, 5) is 15.7. The molecule has 0 aliphatic heterocycles. The second-order valence-corrected chi connectivity index (χ2v) is 7.77. The maximum atomic E-state index is 12.9. The van der Waals surface area contributed by atoms with Crippen molar-refractivity contribution in [2.24, 2.45) is 0 Å². The van der Waals surface area contributed by atoms with Crippen LogP contribution in [0.3, 0.4) is 0 Å². The molecule has 128 valence electrons. The first-order chi connectivity index (χ1) is 11.5. The molecule has 1 aliphatic carbocycles. The lowest BCUT2D eigenvalue weighted by molar-refractivity contribution is 0.102. The number of carbonyl (C=O) groups is 1. The minimum atomic E-state index is -0.274. The van der Waals surface area contributed by atoms with Gasteiger partial charge in [0.05, 0.1) is 21.2 Å². The van der Waals surface area contributed by atoms with E-state index in [9.17, 15) is 4.79 Å². The molecule has 1 aliphatic rings. The van der Waals surface area contributed by atoms with Crippen molar-refractivity contribution in [3.63, 3.8) is 0 Å². The Morgan fingerprint density at radius 2 is 1.88 bits per heavy atom. The molecule has 2 aromatic rings. The predicted molar refractivity (Wildman–Crippen MR) is 101 cm³/mol. The van der Waals surface area contributed by atoms with E-state index in [1.165, 1.54) is 6.42 Å². The van der Waals surface area contributed by atoms with E-state index in [1.807, 2.05) is 0 Å². The smallest absolute Gasteiger partial charge is 0.214 e. The van der Waals surface area contributed by atoms with E-state index in [1.54, 1.807) is 18.2 Å². The zero-order chi connectivity index (χ0) is 17.3. The number of aromatic amines is 1. The summed E-state index contributed by atoms with van der Waals surface area (Å²) >= 11 is 21.4. The van der Waals surface area contributed by atoms with Crippen LogP contribution in [0.5, 0.6) is 5.75 Å². The van der Waals surface area contributed by atoms with E-state index in [4.69, 9.17) is 39.5 Å². The minimum Gasteiger partial charge on any atom is -0.490 e. The Kier molecular flexibility index (Phi) is 5.81. The van der Waals surface area contributed by atoms with E-state index in [-0.39, 0.29) is 27.8 Å². The Balaban J connectivity index is 1.94. The molecule has 1 N–H and O–H groups in total. The molecule has 3 nitrogen and oxygen atoms in total. The molecule has 1 saturated carbocycles. The number of carbonyl (C=O) groups excluding carboxylic acids is 1. The maximum absolute atomic E-state index is 12.9. The van der Waals surface area contributed by atoms with E-state index in [2.05, 4.69) is 20.9 Å². The molecule has 0 radical (unpaired) electrons. The second kappa shape index (κ2) is 7.69. The zero-order valence-corrected chi connectivity index (χ0v) is 16.5. The molecule has 7 heteroatoms. The number of hydrogen-bond acceptors (Lipinski definition) is 2. The molecule has 3 rings (SSSR count). The van der Waals surface area contributed by atoms with Crippen LogP contribution in [-0.2, 0) is 0 Å². The summed E-state index contributed by atoms with van der Waals surface area (Å²) in [6.07, 6.45) is 5.66. The van der Waals surface area contributed by atoms with Crippen LogP contribution in [0.2, 0.25) is 15.2 Å². The zero-order valence-electron chi connectivity index (χ0n) is 12.7. The van der Waals surface area contributed by atoms with Gasteiger partial charge in [-0.3, -0.25) is 4.79 Å². The van der Waals surface area contributed by atoms with Gasteiger partial charge in [-0.1, -0.05) is 41.2 Å². The first kappa shape index (κ1) is 18.1. The Bertz CT molecular complexity index is 769. The predicted octanol–water partition coefficient (Wildman–Crippen LogP) is 6.68. The Morgan fingerprint density at radius 3 is 2.50 bits per heavy atom. The first-order valence-corrected chi connectivity index (χ1v) is 9.63. The lowest BCUT2D eigenvalue weighted by Gasteiger charge is -2.24.